The maximum Gasteiger partial charge on any atom is 0.0391 e. The summed E-state index contributed by atoms with van der Waals surface area (Å²) in [6.07, 6.45) is 0. The lowest BCUT2D eigenvalue weighted by Gasteiger charge is -2.19. The molecule has 2 unspecified atom stereocenters. The first kappa shape index (κ1) is 14.0. The van der Waals surface area contributed by atoms with E-state index in [1.54, 1.807) is 0 Å². The molecule has 18 heavy (non-hydrogen) atoms. The Kier molecular flexibility index (Phi) is 4.81. The van der Waals surface area contributed by atoms with E-state index in [1.165, 1.54) is 18.9 Å². The summed E-state index contributed by atoms with van der Waals surface area (Å²) in [6, 6.07) is 13.9. The van der Waals surface area contributed by atoms with Gasteiger partial charge in [0.1, 0.15) is 0 Å². The molecule has 1 heterocycles. The van der Waals surface area contributed by atoms with E-state index in [0.29, 0.717) is 12.1 Å². The molecule has 96 valence electrons. The summed E-state index contributed by atoms with van der Waals surface area (Å²) in [5, 5.41) is 3.65. The molecule has 2 atom stereocenters. The van der Waals surface area contributed by atoms with Crippen LogP contribution in [0.1, 0.15) is 41.2 Å². The van der Waals surface area contributed by atoms with Crippen LogP contribution in [0, 0.1) is 10.5 Å². The van der Waals surface area contributed by atoms with Gasteiger partial charge in [-0.25, -0.2) is 0 Å². The molecule has 0 aliphatic heterocycles. The van der Waals surface area contributed by atoms with Crippen LogP contribution in [0.2, 0.25) is 0 Å². The molecule has 0 saturated carbocycles. The number of hydrogen-bond donors (Lipinski definition) is 1. The minimum absolute atomic E-state index is 0.374. The fourth-order valence-corrected chi connectivity index (χ4v) is 3.24. The number of aryl methyl sites for hydroxylation is 1. The van der Waals surface area contributed by atoms with Gasteiger partial charge in [0.2, 0.25) is 0 Å². The molecule has 2 rings (SSSR count). The van der Waals surface area contributed by atoms with Crippen molar-refractivity contribution in [2.75, 3.05) is 0 Å². The molecular weight excluding hydrogens is 353 g/mol. The second kappa shape index (κ2) is 6.17. The third-order valence-corrected chi connectivity index (χ3v) is 4.96. The van der Waals surface area contributed by atoms with Gasteiger partial charge < -0.3 is 5.32 Å². The largest absolute Gasteiger partial charge is 0.303 e. The van der Waals surface area contributed by atoms with Crippen LogP contribution in [-0.2, 0) is 0 Å². The van der Waals surface area contributed by atoms with Crippen molar-refractivity contribution in [3.8, 4) is 0 Å². The first-order chi connectivity index (χ1) is 8.56. The molecule has 1 N–H and O–H groups in total. The normalized spacial score (nSPS) is 14.4. The summed E-state index contributed by atoms with van der Waals surface area (Å²) in [5.41, 5.74) is 1.34. The lowest BCUT2D eigenvalue weighted by molar-refractivity contribution is 0.500. The molecule has 3 heteroatoms. The molecule has 0 aliphatic rings. The first-order valence-electron chi connectivity index (χ1n) is 6.14. The van der Waals surface area contributed by atoms with Gasteiger partial charge in [-0.3, -0.25) is 0 Å². The zero-order valence-corrected chi connectivity index (χ0v) is 13.9. The van der Waals surface area contributed by atoms with Crippen LogP contribution < -0.4 is 5.32 Å². The van der Waals surface area contributed by atoms with E-state index in [0.717, 1.165) is 0 Å². The summed E-state index contributed by atoms with van der Waals surface area (Å²) in [7, 11) is 0. The van der Waals surface area contributed by atoms with Gasteiger partial charge in [-0.2, -0.15) is 0 Å². The van der Waals surface area contributed by atoms with E-state index in [1.807, 2.05) is 11.3 Å². The molecule has 0 fully saturated rings. The Morgan fingerprint density at radius 3 is 2.22 bits per heavy atom. The van der Waals surface area contributed by atoms with E-state index < -0.39 is 0 Å². The molecule has 0 spiro atoms. The van der Waals surface area contributed by atoms with E-state index in [2.05, 4.69) is 85.1 Å². The highest BCUT2D eigenvalue weighted by Crippen LogP contribution is 2.25. The maximum absolute atomic E-state index is 3.65. The Morgan fingerprint density at radius 1 is 1.00 bits per heavy atom. The van der Waals surface area contributed by atoms with Gasteiger partial charge in [0, 0.05) is 25.4 Å². The third kappa shape index (κ3) is 3.56. The fourth-order valence-electron chi connectivity index (χ4n) is 1.99. The van der Waals surface area contributed by atoms with Crippen LogP contribution in [0.25, 0.3) is 0 Å². The quantitative estimate of drug-likeness (QED) is 0.740. The Labute approximate surface area is 127 Å². The van der Waals surface area contributed by atoms with Crippen molar-refractivity contribution in [2.45, 2.75) is 32.9 Å². The lowest BCUT2D eigenvalue weighted by Crippen LogP contribution is -2.21. The zero-order chi connectivity index (χ0) is 13.1. The third-order valence-electron chi connectivity index (χ3n) is 3.06. The van der Waals surface area contributed by atoms with Crippen LogP contribution in [0.4, 0.5) is 0 Å². The lowest BCUT2D eigenvalue weighted by atomic mass is 10.1. The topological polar surface area (TPSA) is 12.0 Å². The molecule has 0 radical (unpaired) electrons. The van der Waals surface area contributed by atoms with Gasteiger partial charge in [0.15, 0.2) is 0 Å². The van der Waals surface area contributed by atoms with Gasteiger partial charge in [0.25, 0.3) is 0 Å². The minimum atomic E-state index is 0.374. The highest BCUT2D eigenvalue weighted by molar-refractivity contribution is 14.1. The van der Waals surface area contributed by atoms with Crippen LogP contribution >= 0.6 is 33.9 Å². The summed E-state index contributed by atoms with van der Waals surface area (Å²) >= 11 is 4.21. The summed E-state index contributed by atoms with van der Waals surface area (Å²) in [5.74, 6) is 0. The molecular formula is C15H18INS. The highest BCUT2D eigenvalue weighted by Gasteiger charge is 2.12. The molecule has 1 aromatic carbocycles. The SMILES string of the molecule is Cc1ccc(C(C)NC(C)c2ccc(I)cc2)s1. The van der Waals surface area contributed by atoms with E-state index in [9.17, 15) is 0 Å². The second-order valence-electron chi connectivity index (χ2n) is 4.61. The van der Waals surface area contributed by atoms with Crippen LogP contribution in [-0.4, -0.2) is 0 Å². The van der Waals surface area contributed by atoms with Crippen molar-refractivity contribution in [3.63, 3.8) is 0 Å². The first-order valence-corrected chi connectivity index (χ1v) is 8.03. The van der Waals surface area contributed by atoms with Gasteiger partial charge in [-0.05, 0) is 73.2 Å². The van der Waals surface area contributed by atoms with E-state index in [-0.39, 0.29) is 0 Å². The number of benzene rings is 1. The number of halogens is 1. The van der Waals surface area contributed by atoms with Crippen LogP contribution in [0.15, 0.2) is 36.4 Å². The number of thiophene rings is 1. The number of rotatable bonds is 4. The molecule has 1 aromatic heterocycles. The van der Waals surface area contributed by atoms with Crippen LogP contribution in [0.5, 0.6) is 0 Å². The van der Waals surface area contributed by atoms with Crippen molar-refractivity contribution in [1.82, 2.24) is 5.32 Å². The molecule has 0 aliphatic carbocycles. The van der Waals surface area contributed by atoms with Crippen molar-refractivity contribution in [1.29, 1.82) is 0 Å². The molecule has 2 aromatic rings. The molecule has 0 amide bonds. The molecule has 1 nitrogen and oxygen atoms in total. The second-order valence-corrected chi connectivity index (χ2v) is 7.18. The maximum atomic E-state index is 3.65. The summed E-state index contributed by atoms with van der Waals surface area (Å²) in [6.45, 7) is 6.61. The smallest absolute Gasteiger partial charge is 0.0391 e. The minimum Gasteiger partial charge on any atom is -0.303 e. The predicted molar refractivity (Wildman–Crippen MR) is 88.2 cm³/mol. The van der Waals surface area contributed by atoms with Gasteiger partial charge in [-0.1, -0.05) is 12.1 Å². The van der Waals surface area contributed by atoms with Gasteiger partial charge in [0.05, 0.1) is 0 Å². The zero-order valence-electron chi connectivity index (χ0n) is 10.9. The van der Waals surface area contributed by atoms with Crippen molar-refractivity contribution < 1.29 is 0 Å². The number of nitrogens with one attached hydrogen (secondary N) is 1. The van der Waals surface area contributed by atoms with Crippen molar-refractivity contribution in [3.05, 3.63) is 55.3 Å². The van der Waals surface area contributed by atoms with Gasteiger partial charge >= 0.3 is 0 Å². The Balaban J connectivity index is 2.02. The fraction of sp³-hybridized carbons (Fsp3) is 0.333. The van der Waals surface area contributed by atoms with Gasteiger partial charge in [-0.15, -0.1) is 11.3 Å². The average molecular weight is 371 g/mol. The van der Waals surface area contributed by atoms with Crippen molar-refractivity contribution in [2.24, 2.45) is 0 Å². The predicted octanol–water partition coefficient (Wildman–Crippen LogP) is 5.07. The number of hydrogen-bond acceptors (Lipinski definition) is 2. The van der Waals surface area contributed by atoms with Crippen molar-refractivity contribution >= 4 is 33.9 Å². The summed E-state index contributed by atoms with van der Waals surface area (Å²) in [4.78, 5) is 2.78. The van der Waals surface area contributed by atoms with Crippen LogP contribution in [0.3, 0.4) is 0 Å². The van der Waals surface area contributed by atoms with E-state index in [4.69, 9.17) is 0 Å². The molecule has 0 bridgehead atoms. The van der Waals surface area contributed by atoms with E-state index >= 15 is 0 Å². The Bertz CT molecular complexity index is 503. The Hall–Kier alpha value is -0.390. The standard InChI is InChI=1S/C15H18INS/c1-10-4-9-15(18-10)12(3)17-11(2)13-5-7-14(16)8-6-13/h4-9,11-12,17H,1-3H3. The summed E-state index contributed by atoms with van der Waals surface area (Å²) < 4.78 is 1.28. The molecule has 0 saturated heterocycles. The average Bonchev–Trinajstić information content (AvgIpc) is 2.76. The monoisotopic (exact) mass is 371 g/mol. The highest BCUT2D eigenvalue weighted by atomic mass is 127. The Morgan fingerprint density at radius 2 is 1.67 bits per heavy atom.